The number of nitrogens with zero attached hydrogens (tertiary/aromatic N) is 1. The van der Waals surface area contributed by atoms with Gasteiger partial charge in [0, 0.05) is 5.69 Å². The number of esters is 1. The van der Waals surface area contributed by atoms with Crippen LogP contribution >= 0.6 is 0 Å². The predicted octanol–water partition coefficient (Wildman–Crippen LogP) is 3.49. The van der Waals surface area contributed by atoms with E-state index in [4.69, 9.17) is 4.74 Å². The van der Waals surface area contributed by atoms with Gasteiger partial charge >= 0.3 is 5.97 Å². The molecule has 1 aliphatic heterocycles. The zero-order valence-electron chi connectivity index (χ0n) is 18.4. The Morgan fingerprint density at radius 1 is 0.970 bits per heavy atom. The molecule has 168 valence electrons. The molecule has 7 nitrogen and oxygen atoms in total. The molecule has 2 aromatic rings. The maximum Gasteiger partial charge on any atom is 0.338 e. The highest BCUT2D eigenvalue weighted by atomic mass is 16.5. The first-order valence-electron chi connectivity index (χ1n) is 11.0. The van der Waals surface area contributed by atoms with Gasteiger partial charge in [-0.1, -0.05) is 29.3 Å². The summed E-state index contributed by atoms with van der Waals surface area (Å²) in [4.78, 5) is 51.7. The molecule has 1 N–H and O–H groups in total. The van der Waals surface area contributed by atoms with Crippen molar-refractivity contribution in [3.05, 3.63) is 71.3 Å². The molecule has 0 aromatic heterocycles. The number of fused-ring (bicyclic) bond motifs is 5. The summed E-state index contributed by atoms with van der Waals surface area (Å²) in [5.74, 6) is -1.68. The summed E-state index contributed by atoms with van der Waals surface area (Å²) < 4.78 is 5.10. The summed E-state index contributed by atoms with van der Waals surface area (Å²) >= 11 is 0. The first kappa shape index (κ1) is 21.1. The lowest BCUT2D eigenvalue weighted by atomic mass is 9.82. The van der Waals surface area contributed by atoms with Crippen molar-refractivity contribution < 1.29 is 23.9 Å². The number of benzene rings is 2. The molecule has 1 heterocycles. The molecular weight excluding hydrogens is 420 g/mol. The van der Waals surface area contributed by atoms with Crippen molar-refractivity contribution in [2.24, 2.45) is 23.7 Å². The molecule has 3 aliphatic rings. The SMILES string of the molecule is CC1=C[C@H]2C[C@H]1[C@H]1C(=O)N(c3ccc(C(=O)OCC(=O)Nc4ccc(C)cc4)cc3)C(=O)[C@H]12. The van der Waals surface area contributed by atoms with E-state index in [0.29, 0.717) is 11.4 Å². The third kappa shape index (κ3) is 3.63. The quantitative estimate of drug-likeness (QED) is 0.433. The van der Waals surface area contributed by atoms with Crippen molar-refractivity contribution in [1.29, 1.82) is 0 Å². The van der Waals surface area contributed by atoms with Crippen molar-refractivity contribution in [2.75, 3.05) is 16.8 Å². The molecule has 7 heteroatoms. The number of nitrogens with one attached hydrogen (secondary N) is 1. The third-order valence-corrected chi connectivity index (χ3v) is 6.91. The topological polar surface area (TPSA) is 92.8 Å². The Labute approximate surface area is 191 Å². The molecule has 0 radical (unpaired) electrons. The lowest BCUT2D eigenvalue weighted by molar-refractivity contribution is -0.123. The van der Waals surface area contributed by atoms with E-state index < -0.39 is 18.5 Å². The van der Waals surface area contributed by atoms with E-state index >= 15 is 0 Å². The van der Waals surface area contributed by atoms with Crippen LogP contribution in [0.3, 0.4) is 0 Å². The first-order chi connectivity index (χ1) is 15.8. The molecule has 2 aromatic carbocycles. The van der Waals surface area contributed by atoms with Gasteiger partial charge in [0.15, 0.2) is 6.61 Å². The molecule has 2 bridgehead atoms. The van der Waals surface area contributed by atoms with Crippen LogP contribution in [0.25, 0.3) is 0 Å². The zero-order chi connectivity index (χ0) is 23.3. The van der Waals surface area contributed by atoms with E-state index in [1.165, 1.54) is 22.6 Å². The van der Waals surface area contributed by atoms with Crippen molar-refractivity contribution in [3.63, 3.8) is 0 Å². The monoisotopic (exact) mass is 444 g/mol. The number of aryl methyl sites for hydroxylation is 1. The summed E-state index contributed by atoms with van der Waals surface area (Å²) in [6, 6.07) is 13.4. The highest BCUT2D eigenvalue weighted by molar-refractivity contribution is 6.23. The lowest BCUT2D eigenvalue weighted by Gasteiger charge is -2.19. The average molecular weight is 444 g/mol. The van der Waals surface area contributed by atoms with Crippen LogP contribution in [0.1, 0.15) is 29.3 Å². The Balaban J connectivity index is 1.21. The maximum atomic E-state index is 13.0. The van der Waals surface area contributed by atoms with Crippen molar-refractivity contribution in [1.82, 2.24) is 0 Å². The van der Waals surface area contributed by atoms with Crippen LogP contribution < -0.4 is 10.2 Å². The van der Waals surface area contributed by atoms with Crippen LogP contribution in [-0.2, 0) is 19.1 Å². The minimum atomic E-state index is -0.658. The van der Waals surface area contributed by atoms with E-state index in [-0.39, 0.29) is 41.0 Å². The van der Waals surface area contributed by atoms with Gasteiger partial charge in [-0.3, -0.25) is 19.3 Å². The molecule has 2 aliphatic carbocycles. The van der Waals surface area contributed by atoms with Gasteiger partial charge in [0.25, 0.3) is 5.91 Å². The second kappa shape index (κ2) is 7.99. The molecule has 4 atom stereocenters. The van der Waals surface area contributed by atoms with Gasteiger partial charge in [0.2, 0.25) is 11.8 Å². The number of anilines is 2. The molecule has 5 rings (SSSR count). The lowest BCUT2D eigenvalue weighted by Crippen LogP contribution is -2.33. The van der Waals surface area contributed by atoms with Crippen molar-refractivity contribution in [3.8, 4) is 0 Å². The minimum absolute atomic E-state index is 0.141. The molecular formula is C26H24N2O5. The number of hydrogen-bond donors (Lipinski definition) is 1. The predicted molar refractivity (Wildman–Crippen MR) is 121 cm³/mol. The van der Waals surface area contributed by atoms with Crippen LogP contribution in [-0.4, -0.2) is 30.3 Å². The Morgan fingerprint density at radius 2 is 1.64 bits per heavy atom. The largest absolute Gasteiger partial charge is 0.452 e. The fraction of sp³-hybridized carbons (Fsp3) is 0.308. The molecule has 3 amide bonds. The van der Waals surface area contributed by atoms with E-state index in [1.54, 1.807) is 24.3 Å². The molecule has 0 spiro atoms. The average Bonchev–Trinajstić information content (AvgIpc) is 3.44. The van der Waals surface area contributed by atoms with Gasteiger partial charge in [0.1, 0.15) is 0 Å². The van der Waals surface area contributed by atoms with Crippen LogP contribution in [0.5, 0.6) is 0 Å². The summed E-state index contributed by atoms with van der Waals surface area (Å²) in [6.45, 7) is 3.56. The second-order valence-electron chi connectivity index (χ2n) is 9.02. The summed E-state index contributed by atoms with van der Waals surface area (Å²) in [6.07, 6.45) is 3.02. The van der Waals surface area contributed by atoms with E-state index in [1.807, 2.05) is 26.0 Å². The number of carbonyl (C=O) groups is 4. The maximum absolute atomic E-state index is 13.0. The van der Waals surface area contributed by atoms with Gasteiger partial charge < -0.3 is 10.1 Å². The van der Waals surface area contributed by atoms with Crippen molar-refractivity contribution in [2.45, 2.75) is 20.3 Å². The van der Waals surface area contributed by atoms with Crippen LogP contribution in [0, 0.1) is 30.6 Å². The normalized spacial score (nSPS) is 25.2. The number of amides is 3. The van der Waals surface area contributed by atoms with E-state index in [9.17, 15) is 19.2 Å². The number of carbonyl (C=O) groups excluding carboxylic acids is 4. The fourth-order valence-electron chi connectivity index (χ4n) is 5.32. The van der Waals surface area contributed by atoms with Crippen LogP contribution in [0.4, 0.5) is 11.4 Å². The number of imide groups is 1. The van der Waals surface area contributed by atoms with E-state index in [2.05, 4.69) is 11.4 Å². The van der Waals surface area contributed by atoms with Gasteiger partial charge in [-0.15, -0.1) is 0 Å². The first-order valence-corrected chi connectivity index (χ1v) is 11.0. The Bertz CT molecular complexity index is 1180. The number of hydrogen-bond acceptors (Lipinski definition) is 5. The summed E-state index contributed by atoms with van der Waals surface area (Å²) in [5.41, 5.74) is 3.58. The number of allylic oxidation sites excluding steroid dienone is 2. The summed E-state index contributed by atoms with van der Waals surface area (Å²) in [5, 5.41) is 2.66. The minimum Gasteiger partial charge on any atom is -0.452 e. The fourth-order valence-corrected chi connectivity index (χ4v) is 5.32. The highest BCUT2D eigenvalue weighted by Crippen LogP contribution is 2.55. The second-order valence-corrected chi connectivity index (χ2v) is 9.02. The molecule has 1 saturated heterocycles. The Morgan fingerprint density at radius 3 is 2.33 bits per heavy atom. The Hall–Kier alpha value is -3.74. The van der Waals surface area contributed by atoms with Crippen molar-refractivity contribution >= 4 is 35.1 Å². The molecule has 1 saturated carbocycles. The molecule has 33 heavy (non-hydrogen) atoms. The highest BCUT2D eigenvalue weighted by Gasteiger charge is 2.60. The van der Waals surface area contributed by atoms with E-state index in [0.717, 1.165) is 12.0 Å². The molecule has 0 unspecified atom stereocenters. The molecule has 2 fully saturated rings. The van der Waals surface area contributed by atoms with Crippen LogP contribution in [0.15, 0.2) is 60.2 Å². The zero-order valence-corrected chi connectivity index (χ0v) is 18.4. The van der Waals surface area contributed by atoms with Crippen LogP contribution in [0.2, 0.25) is 0 Å². The third-order valence-electron chi connectivity index (χ3n) is 6.91. The van der Waals surface area contributed by atoms with Gasteiger partial charge in [-0.25, -0.2) is 4.79 Å². The van der Waals surface area contributed by atoms with Gasteiger partial charge in [-0.2, -0.15) is 0 Å². The summed E-state index contributed by atoms with van der Waals surface area (Å²) in [7, 11) is 0. The smallest absolute Gasteiger partial charge is 0.338 e. The number of ether oxygens (including phenoxy) is 1. The Kier molecular flexibility index (Phi) is 5.12. The number of rotatable bonds is 5. The standard InChI is InChI=1S/C26H24N2O5/c1-14-3-7-18(8-4-14)27-21(29)13-33-26(32)16-5-9-19(10-6-16)28-24(30)22-17-11-15(2)20(12-17)23(22)25(28)31/h3-11,17,20,22-23H,12-13H2,1-2H3,(H,27,29)/t17-,20+,22-,23+/m0/s1. The van der Waals surface area contributed by atoms with Gasteiger partial charge in [-0.05, 0) is 68.5 Å². The van der Waals surface area contributed by atoms with Gasteiger partial charge in [0.05, 0.1) is 23.1 Å².